The van der Waals surface area contributed by atoms with Crippen molar-refractivity contribution in [3.8, 4) is 0 Å². The fourth-order valence-electron chi connectivity index (χ4n) is 2.76. The van der Waals surface area contributed by atoms with E-state index in [0.717, 1.165) is 16.7 Å². The highest BCUT2D eigenvalue weighted by Crippen LogP contribution is 2.36. The molecular weight excluding hydrogens is 313 g/mol. The molecule has 0 amide bonds. The van der Waals surface area contributed by atoms with Crippen LogP contribution in [0, 0.1) is 5.41 Å². The SMILES string of the molecule is CNc1ccc(B2OC(C)(C)C(C)(C)O2)cc1C(=N)c1ccccn1. The van der Waals surface area contributed by atoms with Crippen LogP contribution in [0.4, 0.5) is 5.69 Å². The third-order valence-corrected chi connectivity index (χ3v) is 5.03. The van der Waals surface area contributed by atoms with Gasteiger partial charge in [-0.2, -0.15) is 0 Å². The molecule has 130 valence electrons. The molecule has 0 radical (unpaired) electrons. The Morgan fingerprint density at radius 2 is 1.76 bits per heavy atom. The third kappa shape index (κ3) is 3.19. The van der Waals surface area contributed by atoms with Gasteiger partial charge in [0.15, 0.2) is 0 Å². The largest absolute Gasteiger partial charge is 0.494 e. The van der Waals surface area contributed by atoms with E-state index in [1.54, 1.807) is 6.20 Å². The molecule has 3 rings (SSSR count). The van der Waals surface area contributed by atoms with Crippen LogP contribution in [0.5, 0.6) is 0 Å². The predicted molar refractivity (Wildman–Crippen MR) is 102 cm³/mol. The molecular formula is C19H24BN3O2. The van der Waals surface area contributed by atoms with Gasteiger partial charge in [-0.05, 0) is 51.4 Å². The first-order valence-corrected chi connectivity index (χ1v) is 8.43. The van der Waals surface area contributed by atoms with Crippen molar-refractivity contribution in [2.75, 3.05) is 12.4 Å². The van der Waals surface area contributed by atoms with Gasteiger partial charge in [-0.1, -0.05) is 18.2 Å². The third-order valence-electron chi connectivity index (χ3n) is 5.03. The van der Waals surface area contributed by atoms with Crippen LogP contribution in [0.15, 0.2) is 42.6 Å². The van der Waals surface area contributed by atoms with Gasteiger partial charge in [0, 0.05) is 24.5 Å². The Labute approximate surface area is 149 Å². The van der Waals surface area contributed by atoms with Crippen molar-refractivity contribution in [2.45, 2.75) is 38.9 Å². The van der Waals surface area contributed by atoms with E-state index >= 15 is 0 Å². The topological polar surface area (TPSA) is 67.2 Å². The molecule has 1 aromatic carbocycles. The van der Waals surface area contributed by atoms with Gasteiger partial charge in [0.2, 0.25) is 0 Å². The Morgan fingerprint density at radius 1 is 1.08 bits per heavy atom. The molecule has 25 heavy (non-hydrogen) atoms. The van der Waals surface area contributed by atoms with Gasteiger partial charge in [-0.3, -0.25) is 10.4 Å². The van der Waals surface area contributed by atoms with Crippen molar-refractivity contribution in [3.63, 3.8) is 0 Å². The van der Waals surface area contributed by atoms with E-state index in [0.29, 0.717) is 11.4 Å². The number of aromatic nitrogens is 1. The van der Waals surface area contributed by atoms with Gasteiger partial charge in [-0.25, -0.2) is 0 Å². The number of pyridine rings is 1. The number of hydrogen-bond acceptors (Lipinski definition) is 5. The van der Waals surface area contributed by atoms with E-state index in [1.165, 1.54) is 0 Å². The number of nitrogens with one attached hydrogen (secondary N) is 2. The normalized spacial score (nSPS) is 18.2. The molecule has 0 atom stereocenters. The van der Waals surface area contributed by atoms with E-state index in [2.05, 4.69) is 10.3 Å². The lowest BCUT2D eigenvalue weighted by molar-refractivity contribution is 0.00578. The second kappa shape index (κ2) is 6.28. The van der Waals surface area contributed by atoms with Crippen LogP contribution in [0.2, 0.25) is 0 Å². The number of nitrogens with zero attached hydrogens (tertiary/aromatic N) is 1. The Balaban J connectivity index is 1.98. The number of hydrogen-bond donors (Lipinski definition) is 2. The maximum absolute atomic E-state index is 8.55. The molecule has 1 saturated heterocycles. The van der Waals surface area contributed by atoms with E-state index in [-0.39, 0.29) is 0 Å². The van der Waals surface area contributed by atoms with E-state index in [9.17, 15) is 0 Å². The minimum absolute atomic E-state index is 0.364. The van der Waals surface area contributed by atoms with Crippen LogP contribution in [0.25, 0.3) is 0 Å². The molecule has 1 aliphatic heterocycles. The van der Waals surface area contributed by atoms with E-state index < -0.39 is 18.3 Å². The zero-order chi connectivity index (χ0) is 18.2. The number of rotatable bonds is 4. The highest BCUT2D eigenvalue weighted by molar-refractivity contribution is 6.62. The summed E-state index contributed by atoms with van der Waals surface area (Å²) in [6.07, 6.45) is 1.70. The molecule has 5 nitrogen and oxygen atoms in total. The average molecular weight is 337 g/mol. The first kappa shape index (κ1) is 17.6. The monoisotopic (exact) mass is 337 g/mol. The van der Waals surface area contributed by atoms with Crippen LogP contribution >= 0.6 is 0 Å². The van der Waals surface area contributed by atoms with Crippen LogP contribution in [0.1, 0.15) is 39.0 Å². The van der Waals surface area contributed by atoms with Gasteiger partial charge >= 0.3 is 7.12 Å². The van der Waals surface area contributed by atoms with Gasteiger partial charge in [0.05, 0.1) is 22.6 Å². The van der Waals surface area contributed by atoms with Crippen molar-refractivity contribution >= 4 is 24.0 Å². The first-order valence-electron chi connectivity index (χ1n) is 8.43. The maximum atomic E-state index is 8.55. The molecule has 1 aromatic heterocycles. The smallest absolute Gasteiger partial charge is 0.399 e. The molecule has 0 saturated carbocycles. The lowest BCUT2D eigenvalue weighted by atomic mass is 9.77. The first-order chi connectivity index (χ1) is 11.7. The lowest BCUT2D eigenvalue weighted by Gasteiger charge is -2.32. The zero-order valence-electron chi connectivity index (χ0n) is 15.4. The molecule has 0 bridgehead atoms. The predicted octanol–water partition coefficient (Wildman–Crippen LogP) is 2.84. The Hall–Kier alpha value is -2.18. The summed E-state index contributed by atoms with van der Waals surface area (Å²) in [5.74, 6) is 0. The summed E-state index contributed by atoms with van der Waals surface area (Å²) in [5, 5.41) is 11.7. The molecule has 0 unspecified atom stereocenters. The molecule has 0 spiro atoms. The Bertz CT molecular complexity index is 775. The molecule has 1 aliphatic rings. The quantitative estimate of drug-likeness (QED) is 0.665. The van der Waals surface area contributed by atoms with E-state index in [1.807, 2.05) is 71.1 Å². The molecule has 2 aromatic rings. The van der Waals surface area contributed by atoms with Crippen molar-refractivity contribution in [1.82, 2.24) is 4.98 Å². The molecule has 1 fully saturated rings. The standard InChI is InChI=1S/C19H24BN3O2/c1-18(2)19(3,4)25-20(24-18)13-9-10-15(22-5)14(12-13)17(21)16-8-6-7-11-23-16/h6-12,21-22H,1-5H3. The molecule has 6 heteroatoms. The highest BCUT2D eigenvalue weighted by Gasteiger charge is 2.51. The minimum Gasteiger partial charge on any atom is -0.399 e. The second-order valence-electron chi connectivity index (χ2n) is 7.23. The summed E-state index contributed by atoms with van der Waals surface area (Å²) in [4.78, 5) is 4.29. The Kier molecular flexibility index (Phi) is 4.43. The second-order valence-corrected chi connectivity index (χ2v) is 7.23. The van der Waals surface area contributed by atoms with Crippen LogP contribution < -0.4 is 10.8 Å². The molecule has 2 heterocycles. The van der Waals surface area contributed by atoms with Crippen LogP contribution in [-0.4, -0.2) is 36.1 Å². The van der Waals surface area contributed by atoms with Gasteiger partial charge in [0.1, 0.15) is 0 Å². The number of benzene rings is 1. The number of anilines is 1. The van der Waals surface area contributed by atoms with Crippen LogP contribution in [-0.2, 0) is 9.31 Å². The summed E-state index contributed by atoms with van der Waals surface area (Å²) < 4.78 is 12.3. The summed E-state index contributed by atoms with van der Waals surface area (Å²) in [6.45, 7) is 8.13. The molecule has 2 N–H and O–H groups in total. The summed E-state index contributed by atoms with van der Waals surface area (Å²) in [6, 6.07) is 11.4. The lowest BCUT2D eigenvalue weighted by Crippen LogP contribution is -2.41. The van der Waals surface area contributed by atoms with E-state index in [4.69, 9.17) is 14.7 Å². The fourth-order valence-corrected chi connectivity index (χ4v) is 2.76. The van der Waals surface area contributed by atoms with Crippen molar-refractivity contribution < 1.29 is 9.31 Å². The zero-order valence-corrected chi connectivity index (χ0v) is 15.4. The van der Waals surface area contributed by atoms with Gasteiger partial charge in [0.25, 0.3) is 0 Å². The minimum atomic E-state index is -0.453. The van der Waals surface area contributed by atoms with Crippen molar-refractivity contribution in [3.05, 3.63) is 53.9 Å². The summed E-state index contributed by atoms with van der Waals surface area (Å²) >= 11 is 0. The van der Waals surface area contributed by atoms with Crippen LogP contribution in [0.3, 0.4) is 0 Å². The Morgan fingerprint density at radius 3 is 2.32 bits per heavy atom. The summed E-state index contributed by atoms with van der Waals surface area (Å²) in [5.41, 5.74) is 2.74. The van der Waals surface area contributed by atoms with Gasteiger partial charge < -0.3 is 14.6 Å². The highest BCUT2D eigenvalue weighted by atomic mass is 16.7. The van der Waals surface area contributed by atoms with Crippen molar-refractivity contribution in [2.24, 2.45) is 0 Å². The maximum Gasteiger partial charge on any atom is 0.494 e. The van der Waals surface area contributed by atoms with Crippen molar-refractivity contribution in [1.29, 1.82) is 5.41 Å². The van der Waals surface area contributed by atoms with Gasteiger partial charge in [-0.15, -0.1) is 0 Å². The average Bonchev–Trinajstić information content (AvgIpc) is 2.82. The molecule has 0 aliphatic carbocycles. The fraction of sp³-hybridized carbons (Fsp3) is 0.368. The summed E-state index contributed by atoms with van der Waals surface area (Å²) in [7, 11) is 1.39.